The van der Waals surface area contributed by atoms with Crippen LogP contribution in [0.5, 0.6) is 5.88 Å². The number of halogens is 1. The van der Waals surface area contributed by atoms with Gasteiger partial charge in [-0.1, -0.05) is 13.8 Å². The molecule has 1 rings (SSSR count). The van der Waals surface area contributed by atoms with Crippen LogP contribution in [0.3, 0.4) is 0 Å². The molecular formula is C13H22ClN3O. The first kappa shape index (κ1) is 15.0. The van der Waals surface area contributed by atoms with Gasteiger partial charge in [-0.3, -0.25) is 4.98 Å². The van der Waals surface area contributed by atoms with Gasteiger partial charge in [-0.2, -0.15) is 4.98 Å². The summed E-state index contributed by atoms with van der Waals surface area (Å²) in [6, 6.07) is 0. The number of hydrogen-bond acceptors (Lipinski definition) is 4. The van der Waals surface area contributed by atoms with Crippen LogP contribution in [0.2, 0.25) is 0 Å². The Morgan fingerprint density at radius 1 is 1.39 bits per heavy atom. The smallest absolute Gasteiger partial charge is 0.234 e. The summed E-state index contributed by atoms with van der Waals surface area (Å²) in [5.74, 6) is 1.92. The minimum Gasteiger partial charge on any atom is -0.477 e. The number of nitrogens with zero attached hydrogens (tertiary/aromatic N) is 2. The molecule has 0 aromatic carbocycles. The van der Waals surface area contributed by atoms with E-state index >= 15 is 0 Å². The van der Waals surface area contributed by atoms with Crippen molar-refractivity contribution in [1.29, 1.82) is 0 Å². The zero-order valence-corrected chi connectivity index (χ0v) is 12.1. The van der Waals surface area contributed by atoms with Gasteiger partial charge in [0.05, 0.1) is 19.0 Å². The molecule has 5 heteroatoms. The molecule has 102 valence electrons. The number of anilines is 1. The van der Waals surface area contributed by atoms with Crippen LogP contribution in [-0.4, -0.2) is 28.0 Å². The van der Waals surface area contributed by atoms with Crippen molar-refractivity contribution in [2.45, 2.75) is 45.6 Å². The predicted octanol–water partition coefficient (Wildman–Crippen LogP) is 3.47. The highest BCUT2D eigenvalue weighted by molar-refractivity contribution is 6.17. The van der Waals surface area contributed by atoms with Crippen LogP contribution in [-0.2, 0) is 0 Å². The van der Waals surface area contributed by atoms with Crippen molar-refractivity contribution in [2.75, 3.05) is 17.8 Å². The molecule has 0 saturated carbocycles. The van der Waals surface area contributed by atoms with E-state index in [0.717, 1.165) is 25.1 Å². The van der Waals surface area contributed by atoms with Crippen molar-refractivity contribution < 1.29 is 4.74 Å². The third-order valence-electron chi connectivity index (χ3n) is 2.92. The molecule has 4 nitrogen and oxygen atoms in total. The number of alkyl halides is 1. The molecule has 0 spiro atoms. The first-order valence-electron chi connectivity index (χ1n) is 6.42. The van der Waals surface area contributed by atoms with E-state index < -0.39 is 0 Å². The van der Waals surface area contributed by atoms with Gasteiger partial charge >= 0.3 is 0 Å². The molecule has 0 bridgehead atoms. The number of ether oxygens (including phenoxy) is 1. The quantitative estimate of drug-likeness (QED) is 0.736. The average molecular weight is 272 g/mol. The number of aromatic nitrogens is 2. The first-order valence-corrected chi connectivity index (χ1v) is 6.96. The van der Waals surface area contributed by atoms with Gasteiger partial charge in [0, 0.05) is 11.4 Å². The molecule has 0 saturated heterocycles. The second kappa shape index (κ2) is 7.41. The SMILES string of the molecule is CCCOc1cncc(NC(C)(CC)CCCl)n1. The molecular weight excluding hydrogens is 250 g/mol. The lowest BCUT2D eigenvalue weighted by Crippen LogP contribution is -2.34. The van der Waals surface area contributed by atoms with Gasteiger partial charge in [-0.15, -0.1) is 11.6 Å². The van der Waals surface area contributed by atoms with Crippen LogP contribution in [0.25, 0.3) is 0 Å². The monoisotopic (exact) mass is 271 g/mol. The van der Waals surface area contributed by atoms with Gasteiger partial charge < -0.3 is 10.1 Å². The molecule has 0 amide bonds. The van der Waals surface area contributed by atoms with Crippen LogP contribution in [0.1, 0.15) is 40.0 Å². The Balaban J connectivity index is 2.71. The van der Waals surface area contributed by atoms with E-state index in [-0.39, 0.29) is 5.54 Å². The second-order valence-corrected chi connectivity index (χ2v) is 4.95. The fourth-order valence-corrected chi connectivity index (χ4v) is 1.95. The van der Waals surface area contributed by atoms with Gasteiger partial charge in [0.2, 0.25) is 5.88 Å². The summed E-state index contributed by atoms with van der Waals surface area (Å²) < 4.78 is 5.46. The summed E-state index contributed by atoms with van der Waals surface area (Å²) >= 11 is 5.83. The van der Waals surface area contributed by atoms with Crippen molar-refractivity contribution in [3.05, 3.63) is 12.4 Å². The summed E-state index contributed by atoms with van der Waals surface area (Å²) in [7, 11) is 0. The number of hydrogen-bond donors (Lipinski definition) is 1. The molecule has 18 heavy (non-hydrogen) atoms. The lowest BCUT2D eigenvalue weighted by Gasteiger charge is -2.29. The topological polar surface area (TPSA) is 47.0 Å². The fourth-order valence-electron chi connectivity index (χ4n) is 1.53. The van der Waals surface area contributed by atoms with Crippen molar-refractivity contribution in [3.63, 3.8) is 0 Å². The molecule has 0 fully saturated rings. The van der Waals surface area contributed by atoms with Crippen molar-refractivity contribution in [3.8, 4) is 5.88 Å². The molecule has 1 heterocycles. The van der Waals surface area contributed by atoms with Crippen LogP contribution >= 0.6 is 11.6 Å². The molecule has 1 unspecified atom stereocenters. The maximum atomic E-state index is 5.83. The summed E-state index contributed by atoms with van der Waals surface area (Å²) in [5.41, 5.74) is -0.0557. The Bertz CT molecular complexity index is 362. The molecule has 1 aromatic rings. The lowest BCUT2D eigenvalue weighted by molar-refractivity contribution is 0.304. The Morgan fingerprint density at radius 2 is 2.17 bits per heavy atom. The van der Waals surface area contributed by atoms with E-state index in [2.05, 4.69) is 36.1 Å². The second-order valence-electron chi connectivity index (χ2n) is 4.57. The molecule has 1 N–H and O–H groups in total. The highest BCUT2D eigenvalue weighted by Gasteiger charge is 2.21. The summed E-state index contributed by atoms with van der Waals surface area (Å²) in [6.07, 6.45) is 6.15. The highest BCUT2D eigenvalue weighted by atomic mass is 35.5. The van der Waals surface area contributed by atoms with E-state index in [1.807, 2.05) is 0 Å². The standard InChI is InChI=1S/C13H22ClN3O/c1-4-8-18-12-10-15-9-11(16-12)17-13(3,5-2)6-7-14/h9-10H,4-8H2,1-3H3,(H,16,17). The third kappa shape index (κ3) is 4.69. The third-order valence-corrected chi connectivity index (χ3v) is 3.11. The van der Waals surface area contributed by atoms with E-state index in [4.69, 9.17) is 16.3 Å². The van der Waals surface area contributed by atoms with E-state index in [9.17, 15) is 0 Å². The van der Waals surface area contributed by atoms with E-state index in [0.29, 0.717) is 18.4 Å². The van der Waals surface area contributed by atoms with Gasteiger partial charge in [0.25, 0.3) is 0 Å². The molecule has 1 atom stereocenters. The van der Waals surface area contributed by atoms with Crippen LogP contribution in [0.4, 0.5) is 5.82 Å². The molecule has 0 aliphatic heterocycles. The number of rotatable bonds is 8. The summed E-state index contributed by atoms with van der Waals surface area (Å²) in [4.78, 5) is 8.52. The molecule has 0 aliphatic rings. The minimum absolute atomic E-state index is 0.0557. The predicted molar refractivity (Wildman–Crippen MR) is 75.5 cm³/mol. The van der Waals surface area contributed by atoms with Gasteiger partial charge in [-0.05, 0) is 26.2 Å². The van der Waals surface area contributed by atoms with Crippen LogP contribution in [0.15, 0.2) is 12.4 Å². The minimum atomic E-state index is -0.0557. The van der Waals surface area contributed by atoms with E-state index in [1.54, 1.807) is 12.4 Å². The highest BCUT2D eigenvalue weighted by Crippen LogP contribution is 2.21. The van der Waals surface area contributed by atoms with Crippen molar-refractivity contribution in [1.82, 2.24) is 9.97 Å². The Hall–Kier alpha value is -1.03. The summed E-state index contributed by atoms with van der Waals surface area (Å²) in [5, 5.41) is 3.38. The number of nitrogens with one attached hydrogen (secondary N) is 1. The molecule has 0 radical (unpaired) electrons. The first-order chi connectivity index (χ1) is 8.63. The average Bonchev–Trinajstić information content (AvgIpc) is 2.37. The molecule has 0 aliphatic carbocycles. The fraction of sp³-hybridized carbons (Fsp3) is 0.692. The Labute approximate surface area is 114 Å². The molecule has 1 aromatic heterocycles. The van der Waals surface area contributed by atoms with Crippen molar-refractivity contribution in [2.24, 2.45) is 0 Å². The van der Waals surface area contributed by atoms with Gasteiger partial charge in [0.15, 0.2) is 0 Å². The van der Waals surface area contributed by atoms with Gasteiger partial charge in [-0.25, -0.2) is 0 Å². The normalized spacial score (nSPS) is 14.0. The lowest BCUT2D eigenvalue weighted by atomic mass is 9.95. The largest absolute Gasteiger partial charge is 0.477 e. The van der Waals surface area contributed by atoms with Crippen molar-refractivity contribution >= 4 is 17.4 Å². The van der Waals surface area contributed by atoms with Crippen LogP contribution in [0, 0.1) is 0 Å². The van der Waals surface area contributed by atoms with Crippen LogP contribution < -0.4 is 10.1 Å². The zero-order valence-electron chi connectivity index (χ0n) is 11.4. The maximum Gasteiger partial charge on any atom is 0.234 e. The maximum absolute atomic E-state index is 5.83. The Kier molecular flexibility index (Phi) is 6.19. The van der Waals surface area contributed by atoms with E-state index in [1.165, 1.54) is 0 Å². The summed E-state index contributed by atoms with van der Waals surface area (Å²) in [6.45, 7) is 6.98. The van der Waals surface area contributed by atoms with Gasteiger partial charge in [0.1, 0.15) is 5.82 Å². The zero-order chi connectivity index (χ0) is 13.4. The Morgan fingerprint density at radius 3 is 2.78 bits per heavy atom.